The zero-order valence-electron chi connectivity index (χ0n) is 12.0. The first-order chi connectivity index (χ1) is 9.75. The van der Waals surface area contributed by atoms with Gasteiger partial charge in [0.25, 0.3) is 0 Å². The van der Waals surface area contributed by atoms with Gasteiger partial charge in [-0.3, -0.25) is 0 Å². The molecule has 0 unspecified atom stereocenters. The van der Waals surface area contributed by atoms with E-state index in [9.17, 15) is 13.2 Å². The number of halogens is 1. The molecule has 0 fully saturated rings. The van der Waals surface area contributed by atoms with Crippen LogP contribution in [-0.2, 0) is 10.0 Å². The standard InChI is InChI=1S/C14H18BrNO4S/c1-4-6-16(7-5-2)21(19,20)12-9-11(14(17)18)8-10(3)13(12)15/h4,8-9H,1,5-7H2,2-3H3,(H,17,18). The summed E-state index contributed by atoms with van der Waals surface area (Å²) in [5, 5.41) is 9.10. The van der Waals surface area contributed by atoms with Gasteiger partial charge in [0.2, 0.25) is 10.0 Å². The molecule has 0 heterocycles. The van der Waals surface area contributed by atoms with Crippen molar-refractivity contribution in [3.63, 3.8) is 0 Å². The average molecular weight is 376 g/mol. The zero-order valence-corrected chi connectivity index (χ0v) is 14.4. The molecule has 116 valence electrons. The lowest BCUT2D eigenvalue weighted by molar-refractivity contribution is 0.0696. The van der Waals surface area contributed by atoms with E-state index in [2.05, 4.69) is 22.5 Å². The van der Waals surface area contributed by atoms with Gasteiger partial charge < -0.3 is 5.11 Å². The molecule has 0 amide bonds. The van der Waals surface area contributed by atoms with Crippen molar-refractivity contribution in [2.75, 3.05) is 13.1 Å². The molecule has 0 saturated heterocycles. The van der Waals surface area contributed by atoms with Crippen LogP contribution in [0.25, 0.3) is 0 Å². The van der Waals surface area contributed by atoms with E-state index in [0.717, 1.165) is 0 Å². The lowest BCUT2D eigenvalue weighted by Crippen LogP contribution is -2.32. The van der Waals surface area contributed by atoms with Crippen molar-refractivity contribution in [2.45, 2.75) is 25.2 Å². The van der Waals surface area contributed by atoms with Gasteiger partial charge in [-0.05, 0) is 47.0 Å². The van der Waals surface area contributed by atoms with E-state index >= 15 is 0 Å². The van der Waals surface area contributed by atoms with Crippen molar-refractivity contribution >= 4 is 31.9 Å². The predicted octanol–water partition coefficient (Wildman–Crippen LogP) is 3.04. The number of hydrogen-bond donors (Lipinski definition) is 1. The third kappa shape index (κ3) is 3.93. The highest BCUT2D eigenvalue weighted by Gasteiger charge is 2.27. The lowest BCUT2D eigenvalue weighted by Gasteiger charge is -2.21. The van der Waals surface area contributed by atoms with E-state index in [1.54, 1.807) is 6.92 Å². The first kappa shape index (κ1) is 17.9. The number of nitrogens with zero attached hydrogens (tertiary/aromatic N) is 1. The summed E-state index contributed by atoms with van der Waals surface area (Å²) in [5.41, 5.74) is 0.507. The molecular weight excluding hydrogens is 358 g/mol. The Morgan fingerprint density at radius 2 is 2.10 bits per heavy atom. The molecule has 5 nitrogen and oxygen atoms in total. The van der Waals surface area contributed by atoms with Crippen molar-refractivity contribution in [1.82, 2.24) is 4.31 Å². The van der Waals surface area contributed by atoms with Gasteiger partial charge in [-0.1, -0.05) is 13.0 Å². The molecule has 7 heteroatoms. The normalized spacial score (nSPS) is 11.6. The molecule has 0 aromatic heterocycles. The number of aryl methyl sites for hydroxylation is 1. The average Bonchev–Trinajstić information content (AvgIpc) is 2.40. The molecule has 0 atom stereocenters. The van der Waals surface area contributed by atoms with Crippen LogP contribution in [0.5, 0.6) is 0 Å². The second kappa shape index (κ2) is 7.20. The highest BCUT2D eigenvalue weighted by Crippen LogP contribution is 2.29. The van der Waals surface area contributed by atoms with Gasteiger partial charge in [0.05, 0.1) is 10.5 Å². The van der Waals surface area contributed by atoms with E-state index in [-0.39, 0.29) is 17.0 Å². The Bertz CT molecular complexity index is 655. The summed E-state index contributed by atoms with van der Waals surface area (Å²) in [6.45, 7) is 7.62. The Morgan fingerprint density at radius 3 is 2.57 bits per heavy atom. The third-order valence-corrected chi connectivity index (χ3v) is 6.10. The van der Waals surface area contributed by atoms with Crippen LogP contribution < -0.4 is 0 Å². The predicted molar refractivity (Wildman–Crippen MR) is 85.1 cm³/mol. The number of rotatable bonds is 7. The molecule has 0 radical (unpaired) electrons. The number of hydrogen-bond acceptors (Lipinski definition) is 3. The molecule has 1 rings (SSSR count). The van der Waals surface area contributed by atoms with Crippen LogP contribution in [0.1, 0.15) is 29.3 Å². The van der Waals surface area contributed by atoms with Gasteiger partial charge in [-0.25, -0.2) is 13.2 Å². The summed E-state index contributed by atoms with van der Waals surface area (Å²) >= 11 is 3.25. The van der Waals surface area contributed by atoms with Gasteiger partial charge in [0, 0.05) is 17.6 Å². The van der Waals surface area contributed by atoms with Crippen molar-refractivity contribution in [2.24, 2.45) is 0 Å². The monoisotopic (exact) mass is 375 g/mol. The van der Waals surface area contributed by atoms with Crippen molar-refractivity contribution in [3.8, 4) is 0 Å². The Labute approximate surface area is 133 Å². The molecule has 0 saturated carbocycles. The van der Waals surface area contributed by atoms with E-state index in [4.69, 9.17) is 5.11 Å². The summed E-state index contributed by atoms with van der Waals surface area (Å²) in [4.78, 5) is 11.1. The Balaban J connectivity index is 3.48. The van der Waals surface area contributed by atoms with Crippen LogP contribution in [0.2, 0.25) is 0 Å². The minimum atomic E-state index is -3.78. The van der Waals surface area contributed by atoms with E-state index in [1.165, 1.54) is 22.5 Å². The molecule has 0 spiro atoms. The fourth-order valence-electron chi connectivity index (χ4n) is 1.89. The lowest BCUT2D eigenvalue weighted by atomic mass is 10.1. The van der Waals surface area contributed by atoms with Crippen LogP contribution >= 0.6 is 15.9 Å². The summed E-state index contributed by atoms with van der Waals surface area (Å²) < 4.78 is 27.1. The van der Waals surface area contributed by atoms with Gasteiger partial charge in [0.1, 0.15) is 0 Å². The minimum Gasteiger partial charge on any atom is -0.478 e. The maximum absolute atomic E-state index is 12.7. The fourth-order valence-corrected chi connectivity index (χ4v) is 4.40. The van der Waals surface area contributed by atoms with Crippen LogP contribution in [0, 0.1) is 6.92 Å². The first-order valence-corrected chi connectivity index (χ1v) is 8.63. The second-order valence-corrected chi connectivity index (χ2v) is 7.26. The highest BCUT2D eigenvalue weighted by molar-refractivity contribution is 9.10. The van der Waals surface area contributed by atoms with Crippen molar-refractivity contribution in [1.29, 1.82) is 0 Å². The van der Waals surface area contributed by atoms with Gasteiger partial charge in [-0.2, -0.15) is 4.31 Å². The number of carbonyl (C=O) groups is 1. The Morgan fingerprint density at radius 1 is 1.48 bits per heavy atom. The van der Waals surface area contributed by atoms with Gasteiger partial charge in [-0.15, -0.1) is 6.58 Å². The maximum Gasteiger partial charge on any atom is 0.335 e. The zero-order chi connectivity index (χ0) is 16.2. The molecule has 1 aromatic rings. The van der Waals surface area contributed by atoms with E-state index < -0.39 is 16.0 Å². The summed E-state index contributed by atoms with van der Waals surface area (Å²) in [6, 6.07) is 2.61. The molecule has 0 aliphatic rings. The smallest absolute Gasteiger partial charge is 0.335 e. The Kier molecular flexibility index (Phi) is 6.12. The molecule has 1 aromatic carbocycles. The second-order valence-electron chi connectivity index (χ2n) is 4.56. The third-order valence-electron chi connectivity index (χ3n) is 2.89. The number of carboxylic acids is 1. The number of carboxylic acid groups (broad SMARTS) is 1. The topological polar surface area (TPSA) is 74.7 Å². The van der Waals surface area contributed by atoms with E-state index in [1.807, 2.05) is 6.92 Å². The van der Waals surface area contributed by atoms with Gasteiger partial charge >= 0.3 is 5.97 Å². The van der Waals surface area contributed by atoms with Crippen LogP contribution in [0.15, 0.2) is 34.2 Å². The van der Waals surface area contributed by atoms with E-state index in [0.29, 0.717) is 23.0 Å². The Hall–Kier alpha value is -1.18. The molecule has 1 N–H and O–H groups in total. The molecule has 0 aliphatic carbocycles. The summed E-state index contributed by atoms with van der Waals surface area (Å²) in [6.07, 6.45) is 2.16. The number of sulfonamides is 1. The maximum atomic E-state index is 12.7. The minimum absolute atomic E-state index is 0.0322. The van der Waals surface area contributed by atoms with Crippen molar-refractivity contribution in [3.05, 3.63) is 40.4 Å². The van der Waals surface area contributed by atoms with Crippen LogP contribution in [0.3, 0.4) is 0 Å². The number of benzene rings is 1. The van der Waals surface area contributed by atoms with Crippen LogP contribution in [0.4, 0.5) is 0 Å². The highest BCUT2D eigenvalue weighted by atomic mass is 79.9. The molecular formula is C14H18BrNO4S. The van der Waals surface area contributed by atoms with Gasteiger partial charge in [0.15, 0.2) is 0 Å². The molecule has 0 aliphatic heterocycles. The number of aromatic carboxylic acids is 1. The fraction of sp³-hybridized carbons (Fsp3) is 0.357. The largest absolute Gasteiger partial charge is 0.478 e. The SMILES string of the molecule is C=CCN(CCC)S(=O)(=O)c1cc(C(=O)O)cc(C)c1Br. The quantitative estimate of drug-likeness (QED) is 0.743. The van der Waals surface area contributed by atoms with Crippen LogP contribution in [-0.4, -0.2) is 36.9 Å². The molecule has 21 heavy (non-hydrogen) atoms. The first-order valence-electron chi connectivity index (χ1n) is 6.40. The molecule has 0 bridgehead atoms. The van der Waals surface area contributed by atoms with Crippen molar-refractivity contribution < 1.29 is 18.3 Å². The summed E-state index contributed by atoms with van der Waals surface area (Å²) in [7, 11) is -3.78. The summed E-state index contributed by atoms with van der Waals surface area (Å²) in [5.74, 6) is -1.16.